The van der Waals surface area contributed by atoms with Crippen LogP contribution in [0.15, 0.2) is 54.2 Å². The zero-order chi connectivity index (χ0) is 16.9. The minimum atomic E-state index is -0.0922. The molecule has 6 heteroatoms. The van der Waals surface area contributed by atoms with E-state index in [0.717, 1.165) is 5.56 Å². The average molecular weight is 340 g/mol. The number of aromatic amines is 1. The maximum atomic E-state index is 12.7. The van der Waals surface area contributed by atoms with Crippen LogP contribution >= 0.6 is 11.3 Å². The topological polar surface area (TPSA) is 61.0 Å². The summed E-state index contributed by atoms with van der Waals surface area (Å²) in [6, 6.07) is 11.8. The van der Waals surface area contributed by atoms with E-state index in [1.54, 1.807) is 23.7 Å². The van der Waals surface area contributed by atoms with Gasteiger partial charge in [-0.25, -0.2) is 4.98 Å². The molecule has 0 unspecified atom stereocenters. The first kappa shape index (κ1) is 16.4. The van der Waals surface area contributed by atoms with E-state index in [-0.39, 0.29) is 11.9 Å². The number of carbonyl (C=O) groups is 1. The normalized spacial score (nSPS) is 12.3. The van der Waals surface area contributed by atoms with Gasteiger partial charge in [-0.1, -0.05) is 24.3 Å². The summed E-state index contributed by atoms with van der Waals surface area (Å²) in [6.45, 7) is 0.554. The van der Waals surface area contributed by atoms with Crippen molar-refractivity contribution in [2.24, 2.45) is 0 Å². The highest BCUT2D eigenvalue weighted by Gasteiger charge is 2.18. The average Bonchev–Trinajstić information content (AvgIpc) is 3.28. The second kappa shape index (κ2) is 7.42. The van der Waals surface area contributed by atoms with Crippen LogP contribution in [0.1, 0.15) is 21.3 Å². The molecule has 2 aromatic heterocycles. The maximum absolute atomic E-state index is 12.7. The van der Waals surface area contributed by atoms with Crippen LogP contribution in [0.4, 0.5) is 0 Å². The molecule has 24 heavy (non-hydrogen) atoms. The summed E-state index contributed by atoms with van der Waals surface area (Å²) < 4.78 is 0. The third kappa shape index (κ3) is 3.55. The van der Waals surface area contributed by atoms with Crippen molar-refractivity contribution in [1.29, 1.82) is 0 Å². The summed E-state index contributed by atoms with van der Waals surface area (Å²) in [5.41, 5.74) is 1.42. The van der Waals surface area contributed by atoms with Gasteiger partial charge in [0, 0.05) is 29.4 Å². The second-order valence-corrected chi connectivity index (χ2v) is 6.67. The predicted octanol–water partition coefficient (Wildman–Crippen LogP) is 3.17. The van der Waals surface area contributed by atoms with E-state index in [0.29, 0.717) is 17.9 Å². The van der Waals surface area contributed by atoms with Crippen LogP contribution < -0.4 is 5.32 Å². The Labute approximate surface area is 145 Å². The fourth-order valence-electron chi connectivity index (χ4n) is 2.60. The van der Waals surface area contributed by atoms with Gasteiger partial charge in [-0.2, -0.15) is 0 Å². The Morgan fingerprint density at radius 1 is 1.29 bits per heavy atom. The van der Waals surface area contributed by atoms with Crippen molar-refractivity contribution >= 4 is 17.2 Å². The van der Waals surface area contributed by atoms with Gasteiger partial charge in [-0.15, -0.1) is 11.3 Å². The van der Waals surface area contributed by atoms with Crippen molar-refractivity contribution in [2.45, 2.75) is 6.04 Å². The van der Waals surface area contributed by atoms with E-state index in [1.807, 2.05) is 44.4 Å². The van der Waals surface area contributed by atoms with Gasteiger partial charge in [-0.3, -0.25) is 4.79 Å². The summed E-state index contributed by atoms with van der Waals surface area (Å²) in [7, 11) is 4.04. The van der Waals surface area contributed by atoms with E-state index < -0.39 is 0 Å². The van der Waals surface area contributed by atoms with E-state index in [1.165, 1.54) is 4.88 Å². The highest BCUT2D eigenvalue weighted by Crippen LogP contribution is 2.23. The first-order valence-corrected chi connectivity index (χ1v) is 8.61. The first-order chi connectivity index (χ1) is 11.7. The van der Waals surface area contributed by atoms with Crippen molar-refractivity contribution in [3.8, 4) is 11.4 Å². The molecule has 2 N–H and O–H groups in total. The summed E-state index contributed by atoms with van der Waals surface area (Å²) >= 11 is 1.70. The van der Waals surface area contributed by atoms with Crippen LogP contribution in [-0.2, 0) is 0 Å². The summed E-state index contributed by atoms with van der Waals surface area (Å²) in [6.07, 6.45) is 3.44. The van der Waals surface area contributed by atoms with Gasteiger partial charge >= 0.3 is 0 Å². The third-order valence-electron chi connectivity index (χ3n) is 3.88. The number of benzene rings is 1. The molecule has 5 nitrogen and oxygen atoms in total. The molecule has 0 saturated heterocycles. The fourth-order valence-corrected chi connectivity index (χ4v) is 3.53. The quantitative estimate of drug-likeness (QED) is 0.724. The Balaban J connectivity index is 1.76. The van der Waals surface area contributed by atoms with Gasteiger partial charge < -0.3 is 15.2 Å². The Morgan fingerprint density at radius 2 is 2.12 bits per heavy atom. The van der Waals surface area contributed by atoms with Gasteiger partial charge in [-0.05, 0) is 31.6 Å². The number of likely N-dealkylation sites (N-methyl/N-ethyl adjacent to an activating group) is 1. The number of H-pyrrole nitrogens is 1. The van der Waals surface area contributed by atoms with Crippen LogP contribution in [0, 0.1) is 0 Å². The van der Waals surface area contributed by atoms with Crippen LogP contribution in [0.2, 0.25) is 0 Å². The number of rotatable bonds is 6. The lowest BCUT2D eigenvalue weighted by molar-refractivity contribution is 0.0943. The van der Waals surface area contributed by atoms with E-state index in [4.69, 9.17) is 0 Å². The summed E-state index contributed by atoms with van der Waals surface area (Å²) in [4.78, 5) is 23.3. The molecule has 0 fully saturated rings. The van der Waals surface area contributed by atoms with Gasteiger partial charge in [0.2, 0.25) is 0 Å². The Bertz CT molecular complexity index is 781. The number of carbonyl (C=O) groups excluding carboxylic acids is 1. The lowest BCUT2D eigenvalue weighted by Gasteiger charge is -2.23. The van der Waals surface area contributed by atoms with Crippen molar-refractivity contribution in [1.82, 2.24) is 20.2 Å². The SMILES string of the molecule is CN(C)[C@H](CNC(=O)c1ccccc1-c1ncc[nH]1)c1cccs1. The van der Waals surface area contributed by atoms with E-state index in [9.17, 15) is 4.79 Å². The van der Waals surface area contributed by atoms with Crippen molar-refractivity contribution in [3.05, 3.63) is 64.6 Å². The van der Waals surface area contributed by atoms with Gasteiger partial charge in [0.05, 0.1) is 11.6 Å². The lowest BCUT2D eigenvalue weighted by Crippen LogP contribution is -2.34. The van der Waals surface area contributed by atoms with Crippen molar-refractivity contribution in [2.75, 3.05) is 20.6 Å². The molecule has 1 amide bonds. The highest BCUT2D eigenvalue weighted by atomic mass is 32.1. The van der Waals surface area contributed by atoms with Crippen LogP contribution in [-0.4, -0.2) is 41.4 Å². The smallest absolute Gasteiger partial charge is 0.252 e. The lowest BCUT2D eigenvalue weighted by atomic mass is 10.1. The molecule has 3 aromatic rings. The van der Waals surface area contributed by atoms with E-state index >= 15 is 0 Å². The number of nitrogens with one attached hydrogen (secondary N) is 2. The molecule has 1 atom stereocenters. The Kier molecular flexibility index (Phi) is 5.08. The van der Waals surface area contributed by atoms with Crippen LogP contribution in [0.5, 0.6) is 0 Å². The molecule has 1 aromatic carbocycles. The van der Waals surface area contributed by atoms with Gasteiger partial charge in [0.15, 0.2) is 0 Å². The molecule has 0 spiro atoms. The Hall–Kier alpha value is -2.44. The highest BCUT2D eigenvalue weighted by molar-refractivity contribution is 7.10. The second-order valence-electron chi connectivity index (χ2n) is 5.69. The number of thiophene rings is 1. The minimum absolute atomic E-state index is 0.0922. The molecular weight excluding hydrogens is 320 g/mol. The zero-order valence-electron chi connectivity index (χ0n) is 13.7. The van der Waals surface area contributed by atoms with Crippen molar-refractivity contribution in [3.63, 3.8) is 0 Å². The largest absolute Gasteiger partial charge is 0.350 e. The molecule has 124 valence electrons. The molecule has 2 heterocycles. The maximum Gasteiger partial charge on any atom is 0.252 e. The molecule has 0 radical (unpaired) electrons. The zero-order valence-corrected chi connectivity index (χ0v) is 14.5. The monoisotopic (exact) mass is 340 g/mol. The third-order valence-corrected chi connectivity index (χ3v) is 4.85. The fraction of sp³-hybridized carbons (Fsp3) is 0.222. The standard InChI is InChI=1S/C18H20N4OS/c1-22(2)15(16-8-5-11-24-16)12-21-18(23)14-7-4-3-6-13(14)17-19-9-10-20-17/h3-11,15H,12H2,1-2H3,(H,19,20)(H,21,23)/t15-/m1/s1. The molecule has 0 aliphatic rings. The minimum Gasteiger partial charge on any atom is -0.350 e. The van der Waals surface area contributed by atoms with Crippen LogP contribution in [0.3, 0.4) is 0 Å². The number of amides is 1. The summed E-state index contributed by atoms with van der Waals surface area (Å²) in [5.74, 6) is 0.605. The molecule has 0 saturated carbocycles. The van der Waals surface area contributed by atoms with Gasteiger partial charge in [0.25, 0.3) is 5.91 Å². The van der Waals surface area contributed by atoms with Gasteiger partial charge in [0.1, 0.15) is 5.82 Å². The van der Waals surface area contributed by atoms with Crippen molar-refractivity contribution < 1.29 is 4.79 Å². The number of hydrogen-bond donors (Lipinski definition) is 2. The van der Waals surface area contributed by atoms with Crippen LogP contribution in [0.25, 0.3) is 11.4 Å². The molecule has 0 aliphatic carbocycles. The van der Waals surface area contributed by atoms with E-state index in [2.05, 4.69) is 31.6 Å². The Morgan fingerprint density at radius 3 is 2.79 bits per heavy atom. The number of hydrogen-bond acceptors (Lipinski definition) is 4. The molecule has 0 aliphatic heterocycles. The summed E-state index contributed by atoms with van der Waals surface area (Å²) in [5, 5.41) is 5.11. The molecule has 0 bridgehead atoms. The number of imidazole rings is 1. The predicted molar refractivity (Wildman–Crippen MR) is 97.1 cm³/mol. The molecule has 3 rings (SSSR count). The first-order valence-electron chi connectivity index (χ1n) is 7.73. The molecular formula is C18H20N4OS. The number of aromatic nitrogens is 2. The number of nitrogens with zero attached hydrogens (tertiary/aromatic N) is 2.